The molecule has 0 amide bonds. The van der Waals surface area contributed by atoms with E-state index in [0.29, 0.717) is 23.2 Å². The van der Waals surface area contributed by atoms with E-state index < -0.39 is 0 Å². The standard InChI is InChI=1S/C15H21ClN6/c16-13-10-20-22-11-12(9-19-14(13)22)5-6-18-15(17)21-7-3-1-2-4-8-21/h9-11H,1-8H2,(H2,17,18). The van der Waals surface area contributed by atoms with Crippen LogP contribution in [0.3, 0.4) is 0 Å². The van der Waals surface area contributed by atoms with Crippen LogP contribution in [-0.4, -0.2) is 45.1 Å². The Morgan fingerprint density at radius 3 is 2.77 bits per heavy atom. The van der Waals surface area contributed by atoms with Crippen LogP contribution in [0.25, 0.3) is 5.65 Å². The average Bonchev–Trinajstić information content (AvgIpc) is 2.75. The second kappa shape index (κ2) is 6.96. The van der Waals surface area contributed by atoms with Gasteiger partial charge < -0.3 is 10.6 Å². The normalized spacial score (nSPS) is 17.0. The van der Waals surface area contributed by atoms with Crippen LogP contribution in [-0.2, 0) is 6.42 Å². The Hall–Kier alpha value is -1.82. The van der Waals surface area contributed by atoms with Gasteiger partial charge in [0.15, 0.2) is 11.6 Å². The third kappa shape index (κ3) is 3.50. The molecule has 0 atom stereocenters. The first-order chi connectivity index (χ1) is 10.7. The molecule has 2 N–H and O–H groups in total. The summed E-state index contributed by atoms with van der Waals surface area (Å²) in [7, 11) is 0. The largest absolute Gasteiger partial charge is 0.370 e. The van der Waals surface area contributed by atoms with Gasteiger partial charge in [-0.1, -0.05) is 24.4 Å². The van der Waals surface area contributed by atoms with Crippen molar-refractivity contribution in [3.8, 4) is 0 Å². The van der Waals surface area contributed by atoms with Gasteiger partial charge in [0.25, 0.3) is 0 Å². The second-order valence-electron chi connectivity index (χ2n) is 5.61. The van der Waals surface area contributed by atoms with Crippen molar-refractivity contribution in [1.82, 2.24) is 19.5 Å². The summed E-state index contributed by atoms with van der Waals surface area (Å²) in [5.74, 6) is 0.665. The lowest BCUT2D eigenvalue weighted by atomic mass is 10.2. The topological polar surface area (TPSA) is 71.8 Å². The number of nitrogens with two attached hydrogens (primary N) is 1. The number of aromatic nitrogens is 3. The molecule has 1 aliphatic heterocycles. The second-order valence-corrected chi connectivity index (χ2v) is 6.02. The van der Waals surface area contributed by atoms with E-state index >= 15 is 0 Å². The summed E-state index contributed by atoms with van der Waals surface area (Å²) in [6, 6.07) is 0. The Kier molecular flexibility index (Phi) is 4.77. The molecule has 0 bridgehead atoms. The first-order valence-corrected chi connectivity index (χ1v) is 8.14. The fraction of sp³-hybridized carbons (Fsp3) is 0.533. The van der Waals surface area contributed by atoms with Crippen molar-refractivity contribution in [2.75, 3.05) is 19.6 Å². The van der Waals surface area contributed by atoms with Crippen LogP contribution in [0.1, 0.15) is 31.2 Å². The maximum atomic E-state index is 6.10. The van der Waals surface area contributed by atoms with Gasteiger partial charge in [0.2, 0.25) is 0 Å². The van der Waals surface area contributed by atoms with Gasteiger partial charge in [-0.05, 0) is 24.8 Å². The van der Waals surface area contributed by atoms with Gasteiger partial charge in [-0.25, -0.2) is 9.50 Å². The van der Waals surface area contributed by atoms with Crippen molar-refractivity contribution < 1.29 is 0 Å². The molecule has 0 radical (unpaired) electrons. The Morgan fingerprint density at radius 2 is 2.00 bits per heavy atom. The molecule has 3 heterocycles. The summed E-state index contributed by atoms with van der Waals surface area (Å²) < 4.78 is 1.69. The zero-order valence-electron chi connectivity index (χ0n) is 12.6. The Balaban J connectivity index is 1.59. The van der Waals surface area contributed by atoms with Gasteiger partial charge in [-0.2, -0.15) is 5.10 Å². The maximum absolute atomic E-state index is 6.10. The highest BCUT2D eigenvalue weighted by Gasteiger charge is 2.10. The number of rotatable bonds is 3. The van der Waals surface area contributed by atoms with E-state index in [1.165, 1.54) is 25.7 Å². The van der Waals surface area contributed by atoms with Crippen molar-refractivity contribution in [3.05, 3.63) is 29.2 Å². The van der Waals surface area contributed by atoms with Crippen LogP contribution >= 0.6 is 11.6 Å². The van der Waals surface area contributed by atoms with Crippen LogP contribution < -0.4 is 5.73 Å². The summed E-state index contributed by atoms with van der Waals surface area (Å²) in [5, 5.41) is 4.72. The number of hydrogen-bond acceptors (Lipinski definition) is 3. The first-order valence-electron chi connectivity index (χ1n) is 7.76. The summed E-state index contributed by atoms with van der Waals surface area (Å²) in [4.78, 5) is 11.0. The summed E-state index contributed by atoms with van der Waals surface area (Å²) >= 11 is 5.98. The van der Waals surface area contributed by atoms with Crippen molar-refractivity contribution in [1.29, 1.82) is 0 Å². The van der Waals surface area contributed by atoms with E-state index in [1.807, 2.05) is 12.4 Å². The molecule has 3 rings (SSSR count). The molecule has 118 valence electrons. The quantitative estimate of drug-likeness (QED) is 0.694. The molecule has 0 aromatic carbocycles. The Morgan fingerprint density at radius 1 is 1.23 bits per heavy atom. The van der Waals surface area contributed by atoms with Crippen molar-refractivity contribution >= 4 is 23.2 Å². The van der Waals surface area contributed by atoms with Gasteiger partial charge in [0.1, 0.15) is 5.02 Å². The number of guanidine groups is 1. The molecule has 0 saturated carbocycles. The molecule has 7 heteroatoms. The molecule has 0 spiro atoms. The van der Waals surface area contributed by atoms with Gasteiger partial charge in [-0.15, -0.1) is 0 Å². The van der Waals surface area contributed by atoms with E-state index in [9.17, 15) is 0 Å². The monoisotopic (exact) mass is 320 g/mol. The fourth-order valence-electron chi connectivity index (χ4n) is 2.71. The van der Waals surface area contributed by atoms with E-state index in [2.05, 4.69) is 20.0 Å². The Labute approximate surface area is 135 Å². The van der Waals surface area contributed by atoms with Crippen LogP contribution in [0.2, 0.25) is 5.02 Å². The highest BCUT2D eigenvalue weighted by molar-refractivity contribution is 6.33. The predicted molar refractivity (Wildman–Crippen MR) is 88.2 cm³/mol. The van der Waals surface area contributed by atoms with Crippen molar-refractivity contribution in [2.45, 2.75) is 32.1 Å². The summed E-state index contributed by atoms with van der Waals surface area (Å²) in [5.41, 5.74) is 7.85. The van der Waals surface area contributed by atoms with Gasteiger partial charge >= 0.3 is 0 Å². The molecular weight excluding hydrogens is 300 g/mol. The van der Waals surface area contributed by atoms with E-state index in [0.717, 1.165) is 25.1 Å². The van der Waals surface area contributed by atoms with E-state index in [1.54, 1.807) is 10.7 Å². The lowest BCUT2D eigenvalue weighted by Crippen LogP contribution is -2.38. The molecule has 22 heavy (non-hydrogen) atoms. The van der Waals surface area contributed by atoms with Gasteiger partial charge in [0.05, 0.1) is 6.20 Å². The zero-order valence-corrected chi connectivity index (χ0v) is 13.3. The highest BCUT2D eigenvalue weighted by atomic mass is 35.5. The molecule has 1 aliphatic rings. The molecule has 0 unspecified atom stereocenters. The molecule has 1 fully saturated rings. The number of nitrogens with zero attached hydrogens (tertiary/aromatic N) is 5. The zero-order chi connectivity index (χ0) is 15.4. The number of halogens is 1. The third-order valence-corrected chi connectivity index (χ3v) is 4.24. The van der Waals surface area contributed by atoms with E-state index in [4.69, 9.17) is 17.3 Å². The van der Waals surface area contributed by atoms with Gasteiger partial charge in [-0.3, -0.25) is 4.99 Å². The third-order valence-electron chi connectivity index (χ3n) is 3.97. The molecular formula is C15H21ClN6. The van der Waals surface area contributed by atoms with Crippen LogP contribution in [0.15, 0.2) is 23.6 Å². The van der Waals surface area contributed by atoms with Gasteiger partial charge in [0, 0.05) is 32.0 Å². The SMILES string of the molecule is NC(=NCCc1cnc2c(Cl)cnn2c1)N1CCCCCC1. The van der Waals surface area contributed by atoms with Crippen LogP contribution in [0, 0.1) is 0 Å². The Bertz CT molecular complexity index is 657. The molecule has 6 nitrogen and oxygen atoms in total. The van der Waals surface area contributed by atoms with Crippen molar-refractivity contribution in [2.24, 2.45) is 10.7 Å². The van der Waals surface area contributed by atoms with E-state index in [-0.39, 0.29) is 0 Å². The lowest BCUT2D eigenvalue weighted by molar-refractivity contribution is 0.428. The first kappa shape index (κ1) is 15.1. The number of aliphatic imine (C=N–C) groups is 1. The molecule has 2 aromatic heterocycles. The molecule has 2 aromatic rings. The number of fused-ring (bicyclic) bond motifs is 1. The minimum absolute atomic E-state index is 0.565. The molecule has 0 aliphatic carbocycles. The summed E-state index contributed by atoms with van der Waals surface area (Å²) in [6.45, 7) is 2.70. The van der Waals surface area contributed by atoms with Crippen LogP contribution in [0.4, 0.5) is 0 Å². The summed E-state index contributed by atoms with van der Waals surface area (Å²) in [6.07, 6.45) is 11.1. The number of likely N-dealkylation sites (tertiary alicyclic amines) is 1. The van der Waals surface area contributed by atoms with Crippen molar-refractivity contribution in [3.63, 3.8) is 0 Å². The maximum Gasteiger partial charge on any atom is 0.191 e. The van der Waals surface area contributed by atoms with Crippen LogP contribution in [0.5, 0.6) is 0 Å². The minimum atomic E-state index is 0.565. The lowest BCUT2D eigenvalue weighted by Gasteiger charge is -2.21. The minimum Gasteiger partial charge on any atom is -0.370 e. The molecule has 1 saturated heterocycles. The smallest absolute Gasteiger partial charge is 0.191 e. The fourth-order valence-corrected chi connectivity index (χ4v) is 2.89. The number of hydrogen-bond donors (Lipinski definition) is 1. The predicted octanol–water partition coefficient (Wildman–Crippen LogP) is 2.12. The highest BCUT2D eigenvalue weighted by Crippen LogP contribution is 2.14. The average molecular weight is 321 g/mol.